The van der Waals surface area contributed by atoms with Crippen LogP contribution in [-0.4, -0.2) is 21.4 Å². The maximum absolute atomic E-state index is 5.29. The van der Waals surface area contributed by atoms with E-state index in [0.29, 0.717) is 5.82 Å². The number of thioether (sulfide) groups is 1. The minimum atomic E-state index is 0.639. The number of nitrogens with one attached hydrogen (secondary N) is 1. The monoisotopic (exact) mass is 271 g/mol. The smallest absolute Gasteiger partial charge is 0.179 e. The number of anilines is 1. The van der Waals surface area contributed by atoms with E-state index >= 15 is 0 Å². The molecule has 0 saturated heterocycles. The van der Waals surface area contributed by atoms with Gasteiger partial charge in [-0.15, -0.1) is 10.2 Å². The van der Waals surface area contributed by atoms with E-state index in [1.807, 2.05) is 18.4 Å². The van der Waals surface area contributed by atoms with Gasteiger partial charge in [-0.25, -0.2) is 10.8 Å². The first-order valence-electron chi connectivity index (χ1n) is 4.30. The van der Waals surface area contributed by atoms with Crippen molar-refractivity contribution < 1.29 is 0 Å². The lowest BCUT2D eigenvalue weighted by Crippen LogP contribution is -2.07. The highest BCUT2D eigenvalue weighted by molar-refractivity contribution is 8.03. The summed E-state index contributed by atoms with van der Waals surface area (Å²) in [6.45, 7) is 0. The summed E-state index contributed by atoms with van der Waals surface area (Å²) in [6.07, 6.45) is 3.69. The number of nitrogen functional groups attached to an aromatic ring is 1. The second-order valence-corrected chi connectivity index (χ2v) is 6.01. The maximum atomic E-state index is 5.29. The first-order valence-corrected chi connectivity index (χ1v) is 7.15. The van der Waals surface area contributed by atoms with E-state index < -0.39 is 0 Å². The fraction of sp³-hybridized carbons (Fsp3) is 0.125. The number of rotatable bonds is 4. The Labute approximate surface area is 105 Å². The molecule has 0 aliphatic heterocycles. The van der Waals surface area contributed by atoms with Crippen LogP contribution in [-0.2, 0) is 0 Å². The molecule has 3 N–H and O–H groups in total. The van der Waals surface area contributed by atoms with Gasteiger partial charge in [0.2, 0.25) is 0 Å². The summed E-state index contributed by atoms with van der Waals surface area (Å²) in [7, 11) is 0. The van der Waals surface area contributed by atoms with Crippen LogP contribution in [0.25, 0.3) is 0 Å². The summed E-state index contributed by atoms with van der Waals surface area (Å²) in [5.74, 6) is 5.93. The molecule has 0 amide bonds. The zero-order valence-corrected chi connectivity index (χ0v) is 10.8. The highest BCUT2D eigenvalue weighted by Crippen LogP contribution is 2.33. The number of aromatic nitrogens is 3. The predicted octanol–water partition coefficient (Wildman–Crippen LogP) is 2.09. The van der Waals surface area contributed by atoms with Crippen molar-refractivity contribution in [3.05, 3.63) is 18.3 Å². The van der Waals surface area contributed by atoms with Crippen LogP contribution in [0.15, 0.2) is 31.9 Å². The normalized spacial score (nSPS) is 10.4. The quantitative estimate of drug-likeness (QED) is 0.501. The van der Waals surface area contributed by atoms with E-state index in [9.17, 15) is 0 Å². The van der Waals surface area contributed by atoms with Crippen molar-refractivity contribution in [2.45, 2.75) is 13.6 Å². The molecule has 5 nitrogen and oxygen atoms in total. The van der Waals surface area contributed by atoms with Gasteiger partial charge in [0.15, 0.2) is 8.68 Å². The molecule has 0 radical (unpaired) electrons. The average molecular weight is 271 g/mol. The molecule has 0 bridgehead atoms. The Kier molecular flexibility index (Phi) is 3.99. The van der Waals surface area contributed by atoms with Crippen molar-refractivity contribution >= 4 is 40.7 Å². The second-order valence-electron chi connectivity index (χ2n) is 2.66. The molecular weight excluding hydrogens is 262 g/mol. The molecule has 0 unspecified atom stereocenters. The third-order valence-electron chi connectivity index (χ3n) is 1.65. The Bertz CT molecular complexity index is 472. The van der Waals surface area contributed by atoms with E-state index in [4.69, 9.17) is 5.84 Å². The van der Waals surface area contributed by atoms with Crippen LogP contribution in [0.4, 0.5) is 5.82 Å². The number of hydrogen-bond donors (Lipinski definition) is 2. The molecular formula is C8H9N5S3. The molecule has 16 heavy (non-hydrogen) atoms. The van der Waals surface area contributed by atoms with Crippen LogP contribution in [0.5, 0.6) is 0 Å². The maximum Gasteiger partial charge on any atom is 0.179 e. The van der Waals surface area contributed by atoms with E-state index in [2.05, 4.69) is 20.6 Å². The molecule has 2 rings (SSSR count). The third-order valence-corrected chi connectivity index (χ3v) is 4.59. The average Bonchev–Trinajstić information content (AvgIpc) is 2.77. The van der Waals surface area contributed by atoms with Crippen molar-refractivity contribution in [2.75, 3.05) is 11.7 Å². The van der Waals surface area contributed by atoms with E-state index in [-0.39, 0.29) is 0 Å². The minimum Gasteiger partial charge on any atom is -0.308 e. The Morgan fingerprint density at radius 1 is 1.38 bits per heavy atom. The van der Waals surface area contributed by atoms with Crippen molar-refractivity contribution in [1.29, 1.82) is 0 Å². The van der Waals surface area contributed by atoms with Crippen molar-refractivity contribution in [1.82, 2.24) is 15.2 Å². The van der Waals surface area contributed by atoms with E-state index in [0.717, 1.165) is 13.6 Å². The number of nitrogens with two attached hydrogens (primary N) is 1. The van der Waals surface area contributed by atoms with Gasteiger partial charge < -0.3 is 5.43 Å². The molecule has 84 valence electrons. The first-order chi connectivity index (χ1) is 7.81. The minimum absolute atomic E-state index is 0.639. The van der Waals surface area contributed by atoms with Crippen LogP contribution in [0.2, 0.25) is 0 Å². The van der Waals surface area contributed by atoms with Crippen LogP contribution in [0.3, 0.4) is 0 Å². The van der Waals surface area contributed by atoms with Crippen molar-refractivity contribution in [3.63, 3.8) is 0 Å². The van der Waals surface area contributed by atoms with Crippen LogP contribution >= 0.6 is 34.9 Å². The molecule has 0 aliphatic carbocycles. The van der Waals surface area contributed by atoms with Crippen LogP contribution in [0.1, 0.15) is 0 Å². The Hall–Kier alpha value is -0.830. The standard InChI is InChI=1S/C8H9N5S3/c1-14-7-12-13-8(16-7)15-5-2-3-10-6(4-5)11-9/h2-4H,9H2,1H3,(H,10,11). The summed E-state index contributed by atoms with van der Waals surface area (Å²) in [4.78, 5) is 5.07. The van der Waals surface area contributed by atoms with Gasteiger partial charge in [-0.05, 0) is 18.4 Å². The van der Waals surface area contributed by atoms with Gasteiger partial charge >= 0.3 is 0 Å². The summed E-state index contributed by atoms with van der Waals surface area (Å²) in [5.41, 5.74) is 2.51. The number of nitrogens with zero attached hydrogens (tertiary/aromatic N) is 3. The lowest BCUT2D eigenvalue weighted by molar-refractivity contribution is 0.955. The first kappa shape index (κ1) is 11.6. The zero-order chi connectivity index (χ0) is 11.4. The molecule has 0 aromatic carbocycles. The fourth-order valence-corrected chi connectivity index (χ4v) is 3.41. The topological polar surface area (TPSA) is 76.7 Å². The van der Waals surface area contributed by atoms with Gasteiger partial charge in [-0.2, -0.15) is 0 Å². The summed E-state index contributed by atoms with van der Waals surface area (Å²) in [5, 5.41) is 8.10. The summed E-state index contributed by atoms with van der Waals surface area (Å²) >= 11 is 4.72. The van der Waals surface area contributed by atoms with Gasteiger partial charge in [-0.1, -0.05) is 34.9 Å². The van der Waals surface area contributed by atoms with E-state index in [1.165, 1.54) is 0 Å². The highest BCUT2D eigenvalue weighted by Gasteiger charge is 2.05. The molecule has 2 aromatic rings. The molecule has 0 fully saturated rings. The second kappa shape index (κ2) is 5.48. The third kappa shape index (κ3) is 2.85. The summed E-state index contributed by atoms with van der Waals surface area (Å²) in [6, 6.07) is 3.77. The van der Waals surface area contributed by atoms with Crippen molar-refractivity contribution in [2.24, 2.45) is 5.84 Å². The lowest BCUT2D eigenvalue weighted by atomic mass is 10.5. The van der Waals surface area contributed by atoms with Crippen molar-refractivity contribution in [3.8, 4) is 0 Å². The largest absolute Gasteiger partial charge is 0.308 e. The van der Waals surface area contributed by atoms with E-state index in [1.54, 1.807) is 41.1 Å². The van der Waals surface area contributed by atoms with Gasteiger partial charge in [0.1, 0.15) is 5.82 Å². The molecule has 0 saturated carbocycles. The Balaban J connectivity index is 2.13. The Morgan fingerprint density at radius 2 is 2.19 bits per heavy atom. The number of hydrazine groups is 1. The molecule has 0 atom stereocenters. The fourth-order valence-electron chi connectivity index (χ4n) is 0.975. The van der Waals surface area contributed by atoms with Gasteiger partial charge in [0.25, 0.3) is 0 Å². The molecule has 8 heteroatoms. The zero-order valence-electron chi connectivity index (χ0n) is 8.38. The van der Waals surface area contributed by atoms with Gasteiger partial charge in [-0.3, -0.25) is 0 Å². The number of pyridine rings is 1. The van der Waals surface area contributed by atoms with Crippen LogP contribution < -0.4 is 11.3 Å². The van der Waals surface area contributed by atoms with Gasteiger partial charge in [0, 0.05) is 11.1 Å². The highest BCUT2D eigenvalue weighted by atomic mass is 32.2. The molecule has 2 heterocycles. The molecule has 2 aromatic heterocycles. The Morgan fingerprint density at radius 3 is 2.88 bits per heavy atom. The number of hydrogen-bond acceptors (Lipinski definition) is 8. The lowest BCUT2D eigenvalue weighted by Gasteiger charge is -2.00. The van der Waals surface area contributed by atoms with Gasteiger partial charge in [0.05, 0.1) is 0 Å². The molecule has 0 spiro atoms. The predicted molar refractivity (Wildman–Crippen MR) is 67.9 cm³/mol. The summed E-state index contributed by atoms with van der Waals surface area (Å²) < 4.78 is 1.88. The van der Waals surface area contributed by atoms with Crippen LogP contribution in [0, 0.1) is 0 Å². The SMILES string of the molecule is CSc1nnc(Sc2ccnc(NN)c2)s1. The molecule has 0 aliphatic rings.